The van der Waals surface area contributed by atoms with Crippen LogP contribution in [0.25, 0.3) is 0 Å². The van der Waals surface area contributed by atoms with Crippen LogP contribution in [0.2, 0.25) is 0 Å². The molecule has 1 fully saturated rings. The van der Waals surface area contributed by atoms with Crippen LogP contribution < -0.4 is 5.32 Å². The van der Waals surface area contributed by atoms with E-state index < -0.39 is 0 Å². The Morgan fingerprint density at radius 2 is 2.12 bits per heavy atom. The van der Waals surface area contributed by atoms with E-state index in [0.29, 0.717) is 6.04 Å². The molecule has 0 radical (unpaired) electrons. The van der Waals surface area contributed by atoms with Crippen LogP contribution in [0, 0.1) is 5.92 Å². The van der Waals surface area contributed by atoms with E-state index in [4.69, 9.17) is 0 Å². The maximum Gasteiger partial charge on any atom is 0.165 e. The molecule has 1 aromatic heterocycles. The van der Waals surface area contributed by atoms with Gasteiger partial charge in [-0.15, -0.1) is 5.10 Å². The average molecular weight is 223 g/mol. The monoisotopic (exact) mass is 223 g/mol. The number of tetrazole rings is 1. The van der Waals surface area contributed by atoms with E-state index in [1.54, 1.807) is 0 Å². The minimum Gasteiger partial charge on any atom is -0.308 e. The molecular weight excluding hydrogens is 202 g/mol. The molecule has 0 unspecified atom stereocenters. The summed E-state index contributed by atoms with van der Waals surface area (Å²) in [4.78, 5) is 0. The van der Waals surface area contributed by atoms with Gasteiger partial charge >= 0.3 is 0 Å². The fourth-order valence-corrected chi connectivity index (χ4v) is 2.02. The summed E-state index contributed by atoms with van der Waals surface area (Å²) in [5.74, 6) is 1.67. The third-order valence-electron chi connectivity index (χ3n) is 3.32. The molecular formula is C11H21N5. The molecule has 0 amide bonds. The second kappa shape index (κ2) is 4.13. The lowest BCUT2D eigenvalue weighted by atomic mass is 9.99. The van der Waals surface area contributed by atoms with Gasteiger partial charge in [-0.1, -0.05) is 13.8 Å². The summed E-state index contributed by atoms with van der Waals surface area (Å²) < 4.78 is 1.99. The fourth-order valence-electron chi connectivity index (χ4n) is 2.02. The molecule has 5 nitrogen and oxygen atoms in total. The standard InChI is InChI=1S/C11H21N5/c1-8(2)12-7-10-13-14-15-16(10)11(3,4)9-5-6-9/h8-9,12H,5-7H2,1-4H3. The largest absolute Gasteiger partial charge is 0.308 e. The first kappa shape index (κ1) is 11.5. The number of nitrogens with zero attached hydrogens (tertiary/aromatic N) is 4. The van der Waals surface area contributed by atoms with Crippen molar-refractivity contribution in [3.8, 4) is 0 Å². The maximum atomic E-state index is 4.14. The second-order valence-electron chi connectivity index (χ2n) is 5.47. The number of aromatic nitrogens is 4. The lowest BCUT2D eigenvalue weighted by Gasteiger charge is -2.25. The first-order valence-corrected chi connectivity index (χ1v) is 6.03. The van der Waals surface area contributed by atoms with Crippen molar-refractivity contribution in [3.05, 3.63) is 5.82 Å². The first-order valence-electron chi connectivity index (χ1n) is 6.03. The van der Waals surface area contributed by atoms with Crippen LogP contribution in [0.4, 0.5) is 0 Å². The van der Waals surface area contributed by atoms with Gasteiger partial charge in [0.2, 0.25) is 0 Å². The Hall–Kier alpha value is -0.970. The molecule has 1 aromatic rings. The minimum atomic E-state index is 0.0531. The van der Waals surface area contributed by atoms with Gasteiger partial charge < -0.3 is 5.32 Å². The molecule has 0 spiro atoms. The highest BCUT2D eigenvalue weighted by Gasteiger charge is 2.41. The number of nitrogens with one attached hydrogen (secondary N) is 1. The molecule has 1 heterocycles. The summed E-state index contributed by atoms with van der Waals surface area (Å²) in [6.07, 6.45) is 2.59. The molecule has 16 heavy (non-hydrogen) atoms. The Kier molecular flexibility index (Phi) is 2.97. The van der Waals surface area contributed by atoms with Gasteiger partial charge in [-0.2, -0.15) is 0 Å². The molecule has 0 bridgehead atoms. The van der Waals surface area contributed by atoms with Gasteiger partial charge in [0.05, 0.1) is 12.1 Å². The minimum absolute atomic E-state index is 0.0531. The molecule has 2 rings (SSSR count). The highest BCUT2D eigenvalue weighted by Crippen LogP contribution is 2.43. The van der Waals surface area contributed by atoms with Crippen LogP contribution in [-0.2, 0) is 12.1 Å². The van der Waals surface area contributed by atoms with Crippen molar-refractivity contribution in [1.29, 1.82) is 0 Å². The Morgan fingerprint density at radius 1 is 1.44 bits per heavy atom. The second-order valence-corrected chi connectivity index (χ2v) is 5.47. The molecule has 1 aliphatic carbocycles. The zero-order chi connectivity index (χ0) is 11.8. The Morgan fingerprint density at radius 3 is 2.69 bits per heavy atom. The predicted octanol–water partition coefficient (Wildman–Crippen LogP) is 1.32. The summed E-state index contributed by atoms with van der Waals surface area (Å²) in [7, 11) is 0. The molecule has 0 saturated heterocycles. The van der Waals surface area contributed by atoms with Crippen molar-refractivity contribution >= 4 is 0 Å². The highest BCUT2D eigenvalue weighted by molar-refractivity contribution is 4.96. The van der Waals surface area contributed by atoms with Crippen molar-refractivity contribution in [2.75, 3.05) is 0 Å². The van der Waals surface area contributed by atoms with Crippen molar-refractivity contribution in [3.63, 3.8) is 0 Å². The van der Waals surface area contributed by atoms with E-state index in [9.17, 15) is 0 Å². The van der Waals surface area contributed by atoms with Crippen LogP contribution >= 0.6 is 0 Å². The molecule has 0 aliphatic heterocycles. The van der Waals surface area contributed by atoms with Gasteiger partial charge in [0.15, 0.2) is 5.82 Å². The van der Waals surface area contributed by atoms with Gasteiger partial charge in [-0.3, -0.25) is 0 Å². The zero-order valence-electron chi connectivity index (χ0n) is 10.6. The lowest BCUT2D eigenvalue weighted by Crippen LogP contribution is -2.34. The SMILES string of the molecule is CC(C)NCc1nnnn1C(C)(C)C1CC1. The molecule has 90 valence electrons. The van der Waals surface area contributed by atoms with Gasteiger partial charge in [0, 0.05) is 6.04 Å². The predicted molar refractivity (Wildman–Crippen MR) is 61.8 cm³/mol. The molecule has 1 saturated carbocycles. The van der Waals surface area contributed by atoms with Crippen LogP contribution in [0.5, 0.6) is 0 Å². The third-order valence-corrected chi connectivity index (χ3v) is 3.32. The van der Waals surface area contributed by atoms with E-state index >= 15 is 0 Å². The van der Waals surface area contributed by atoms with Gasteiger partial charge in [0.25, 0.3) is 0 Å². The summed E-state index contributed by atoms with van der Waals surface area (Å²) in [6, 6.07) is 0.453. The number of rotatable bonds is 5. The van der Waals surface area contributed by atoms with E-state index in [-0.39, 0.29) is 5.54 Å². The third kappa shape index (κ3) is 2.24. The van der Waals surface area contributed by atoms with E-state index in [2.05, 4.69) is 48.5 Å². The smallest absolute Gasteiger partial charge is 0.165 e. The number of hydrogen-bond acceptors (Lipinski definition) is 4. The van der Waals surface area contributed by atoms with E-state index in [1.807, 2.05) is 4.68 Å². The van der Waals surface area contributed by atoms with E-state index in [1.165, 1.54) is 12.8 Å². The topological polar surface area (TPSA) is 55.6 Å². The Bertz CT molecular complexity index is 351. The molecule has 1 aliphatic rings. The molecule has 0 aromatic carbocycles. The lowest BCUT2D eigenvalue weighted by molar-refractivity contribution is 0.257. The van der Waals surface area contributed by atoms with Crippen LogP contribution in [0.3, 0.4) is 0 Å². The highest BCUT2D eigenvalue weighted by atomic mass is 15.6. The summed E-state index contributed by atoms with van der Waals surface area (Å²) in [5, 5.41) is 15.4. The fraction of sp³-hybridized carbons (Fsp3) is 0.909. The summed E-state index contributed by atoms with van der Waals surface area (Å²) >= 11 is 0. The Labute approximate surface area is 96.6 Å². The van der Waals surface area contributed by atoms with Crippen molar-refractivity contribution < 1.29 is 0 Å². The van der Waals surface area contributed by atoms with E-state index in [0.717, 1.165) is 18.3 Å². The quantitative estimate of drug-likeness (QED) is 0.818. The van der Waals surface area contributed by atoms with Gasteiger partial charge in [0.1, 0.15) is 0 Å². The maximum absolute atomic E-state index is 4.14. The molecule has 1 N–H and O–H groups in total. The van der Waals surface area contributed by atoms with Crippen molar-refractivity contribution in [2.24, 2.45) is 5.92 Å². The number of hydrogen-bond donors (Lipinski definition) is 1. The zero-order valence-corrected chi connectivity index (χ0v) is 10.6. The van der Waals surface area contributed by atoms with Crippen molar-refractivity contribution in [2.45, 2.75) is 58.7 Å². The first-order chi connectivity index (χ1) is 7.51. The average Bonchev–Trinajstić information content (AvgIpc) is 2.95. The van der Waals surface area contributed by atoms with Gasteiger partial charge in [-0.05, 0) is 43.0 Å². The normalized spacial score (nSPS) is 17.1. The van der Waals surface area contributed by atoms with Crippen LogP contribution in [0.1, 0.15) is 46.4 Å². The Balaban J connectivity index is 2.11. The molecule has 0 atom stereocenters. The van der Waals surface area contributed by atoms with Gasteiger partial charge in [-0.25, -0.2) is 4.68 Å². The summed E-state index contributed by atoms with van der Waals surface area (Å²) in [5.41, 5.74) is 0.0531. The van der Waals surface area contributed by atoms with Crippen LogP contribution in [0.15, 0.2) is 0 Å². The summed E-state index contributed by atoms with van der Waals surface area (Å²) in [6.45, 7) is 9.43. The molecule has 5 heteroatoms. The van der Waals surface area contributed by atoms with Crippen LogP contribution in [-0.4, -0.2) is 26.2 Å². The van der Waals surface area contributed by atoms with Crippen molar-refractivity contribution in [1.82, 2.24) is 25.5 Å².